The highest BCUT2D eigenvalue weighted by atomic mass is 31.2. The summed E-state index contributed by atoms with van der Waals surface area (Å²) in [4.78, 5) is 29.3. The quantitative estimate of drug-likeness (QED) is 0.278. The molecule has 194 valence electrons. The van der Waals surface area contributed by atoms with Crippen LogP contribution >= 0.6 is 7.14 Å². The number of hydrogen-bond acceptors (Lipinski definition) is 7. The fourth-order valence-electron chi connectivity index (χ4n) is 4.32. The van der Waals surface area contributed by atoms with Crippen molar-refractivity contribution in [2.24, 2.45) is 5.92 Å². The Morgan fingerprint density at radius 3 is 2.51 bits per heavy atom. The zero-order valence-electron chi connectivity index (χ0n) is 21.6. The summed E-state index contributed by atoms with van der Waals surface area (Å²) in [6, 6.07) is 9.51. The fourth-order valence-corrected chi connectivity index (χ4v) is 5.46. The van der Waals surface area contributed by atoms with Crippen molar-refractivity contribution in [3.8, 4) is 17.0 Å². The number of carbonyl (C=O) groups excluding carboxylic acids is 2. The van der Waals surface area contributed by atoms with Crippen LogP contribution in [-0.4, -0.2) is 46.9 Å². The van der Waals surface area contributed by atoms with Gasteiger partial charge in [0.15, 0.2) is 11.5 Å². The minimum Gasteiger partial charge on any atom is -0.494 e. The number of pyridine rings is 1. The number of ether oxygens (including phenoxy) is 1. The molecular formula is C27H32N5O4P. The van der Waals surface area contributed by atoms with Crippen LogP contribution in [0.25, 0.3) is 11.3 Å². The van der Waals surface area contributed by atoms with E-state index in [9.17, 15) is 14.2 Å². The summed E-state index contributed by atoms with van der Waals surface area (Å²) >= 11 is 0. The van der Waals surface area contributed by atoms with E-state index in [1.807, 2.05) is 28.9 Å². The number of aromatic nitrogens is 3. The molecule has 2 fully saturated rings. The topological polar surface area (TPSA) is 115 Å². The molecule has 2 aromatic heterocycles. The largest absolute Gasteiger partial charge is 0.494 e. The molecule has 9 nitrogen and oxygen atoms in total. The molecule has 0 atom stereocenters. The summed E-state index contributed by atoms with van der Waals surface area (Å²) in [5.74, 6) is 0.843. The maximum Gasteiger partial charge on any atom is 0.228 e. The Hall–Kier alpha value is -3.45. The molecule has 0 aliphatic heterocycles. The van der Waals surface area contributed by atoms with Gasteiger partial charge in [-0.1, -0.05) is 13.0 Å². The van der Waals surface area contributed by atoms with Crippen molar-refractivity contribution < 1.29 is 18.9 Å². The number of carbonyl (C=O) groups is 2. The Labute approximate surface area is 216 Å². The molecule has 1 amide bonds. The molecule has 3 aromatic rings. The number of rotatable bonds is 10. The van der Waals surface area contributed by atoms with Crippen molar-refractivity contribution in [2.45, 2.75) is 45.1 Å². The van der Waals surface area contributed by atoms with Crippen LogP contribution in [-0.2, 0) is 9.36 Å². The lowest BCUT2D eigenvalue weighted by Gasteiger charge is -2.17. The van der Waals surface area contributed by atoms with Crippen LogP contribution in [0.4, 0.5) is 17.2 Å². The maximum absolute atomic E-state index is 13.0. The molecule has 0 saturated heterocycles. The number of methoxy groups -OCH3 is 1. The summed E-state index contributed by atoms with van der Waals surface area (Å²) in [6.45, 7) is 5.32. The zero-order valence-corrected chi connectivity index (χ0v) is 22.5. The minimum absolute atomic E-state index is 0.0359. The van der Waals surface area contributed by atoms with E-state index in [4.69, 9.17) is 9.84 Å². The third kappa shape index (κ3) is 5.32. The van der Waals surface area contributed by atoms with Gasteiger partial charge in [0.25, 0.3) is 0 Å². The number of amides is 1. The summed E-state index contributed by atoms with van der Waals surface area (Å²) in [7, 11) is -0.953. The number of hydrogen-bond donors (Lipinski definition) is 2. The molecular weight excluding hydrogens is 489 g/mol. The molecule has 37 heavy (non-hydrogen) atoms. The SMILES string of the molecule is CCC(=O)c1cnc(NC(=O)C2CC2)cc1Nc1cccc(-c2cc(P(C)(C)=O)n(C3CC3)n2)c1OC. The zero-order chi connectivity index (χ0) is 26.3. The van der Waals surface area contributed by atoms with Gasteiger partial charge in [-0.25, -0.2) is 4.98 Å². The van der Waals surface area contributed by atoms with Gasteiger partial charge in [0.1, 0.15) is 13.0 Å². The molecule has 5 rings (SSSR count). The highest BCUT2D eigenvalue weighted by molar-refractivity contribution is 7.69. The van der Waals surface area contributed by atoms with E-state index in [2.05, 4.69) is 15.6 Å². The van der Waals surface area contributed by atoms with Gasteiger partial charge in [0.2, 0.25) is 5.91 Å². The number of nitrogens with one attached hydrogen (secondary N) is 2. The van der Waals surface area contributed by atoms with Gasteiger partial charge in [0.05, 0.1) is 41.2 Å². The lowest BCUT2D eigenvalue weighted by atomic mass is 10.1. The third-order valence-corrected chi connectivity index (χ3v) is 8.09. The second kappa shape index (κ2) is 9.78. The van der Waals surface area contributed by atoms with Crippen molar-refractivity contribution in [1.82, 2.24) is 14.8 Å². The summed E-state index contributed by atoms with van der Waals surface area (Å²) in [6.07, 6.45) is 5.65. The lowest BCUT2D eigenvalue weighted by molar-refractivity contribution is -0.117. The van der Waals surface area contributed by atoms with E-state index >= 15 is 0 Å². The predicted octanol–water partition coefficient (Wildman–Crippen LogP) is 5.22. The van der Waals surface area contributed by atoms with Gasteiger partial charge in [0, 0.05) is 30.2 Å². The average Bonchev–Trinajstić information content (AvgIpc) is 3.80. The first-order valence-corrected chi connectivity index (χ1v) is 15.2. The third-order valence-electron chi connectivity index (χ3n) is 6.65. The molecule has 2 aliphatic rings. The monoisotopic (exact) mass is 521 g/mol. The van der Waals surface area contributed by atoms with Crippen LogP contribution in [0.3, 0.4) is 0 Å². The van der Waals surface area contributed by atoms with Gasteiger partial charge in [-0.15, -0.1) is 0 Å². The molecule has 2 aliphatic carbocycles. The summed E-state index contributed by atoms with van der Waals surface area (Å²) < 4.78 is 20.7. The molecule has 0 radical (unpaired) electrons. The number of para-hydroxylation sites is 1. The summed E-state index contributed by atoms with van der Waals surface area (Å²) in [5, 5.41) is 11.0. The van der Waals surface area contributed by atoms with Crippen LogP contribution in [0.5, 0.6) is 5.75 Å². The van der Waals surface area contributed by atoms with E-state index in [-0.39, 0.29) is 23.7 Å². The van der Waals surface area contributed by atoms with Gasteiger partial charge in [-0.05, 0) is 57.2 Å². The molecule has 0 bridgehead atoms. The smallest absolute Gasteiger partial charge is 0.228 e. The predicted molar refractivity (Wildman–Crippen MR) is 145 cm³/mol. The van der Waals surface area contributed by atoms with E-state index in [0.29, 0.717) is 40.6 Å². The number of benzene rings is 1. The van der Waals surface area contributed by atoms with Crippen LogP contribution in [0, 0.1) is 5.92 Å². The summed E-state index contributed by atoms with van der Waals surface area (Å²) in [5.41, 5.74) is 3.78. The minimum atomic E-state index is -2.54. The van der Waals surface area contributed by atoms with Crippen molar-refractivity contribution in [2.75, 3.05) is 31.1 Å². The van der Waals surface area contributed by atoms with E-state index in [1.54, 1.807) is 33.4 Å². The lowest BCUT2D eigenvalue weighted by Crippen LogP contribution is -2.16. The van der Waals surface area contributed by atoms with E-state index < -0.39 is 7.14 Å². The maximum atomic E-state index is 13.0. The number of anilines is 3. The van der Waals surface area contributed by atoms with Gasteiger partial charge < -0.3 is 19.9 Å². The molecule has 2 saturated carbocycles. The fraction of sp³-hybridized carbons (Fsp3) is 0.407. The Morgan fingerprint density at radius 1 is 1.14 bits per heavy atom. The molecule has 10 heteroatoms. The second-order valence-corrected chi connectivity index (χ2v) is 13.2. The number of ketones is 1. The average molecular weight is 522 g/mol. The Morgan fingerprint density at radius 2 is 1.89 bits per heavy atom. The van der Waals surface area contributed by atoms with Gasteiger partial charge >= 0.3 is 0 Å². The molecule has 2 heterocycles. The highest BCUT2D eigenvalue weighted by Gasteiger charge is 2.32. The first-order chi connectivity index (χ1) is 17.7. The van der Waals surface area contributed by atoms with Crippen LogP contribution < -0.4 is 20.8 Å². The standard InChI is InChI=1S/C27H32N5O4P/c1-5-23(33)19-15-28-24(30-27(34)16-9-10-16)13-21(19)29-20-8-6-7-18(26(20)36-2)22-14-25(37(3,4)35)32(31-22)17-11-12-17/h6-8,13-17H,5,9-12H2,1-4H3,(H2,28,29,30,34). The van der Waals surface area contributed by atoms with E-state index in [1.165, 1.54) is 6.20 Å². The van der Waals surface area contributed by atoms with Crippen molar-refractivity contribution in [3.05, 3.63) is 42.1 Å². The Kier molecular flexibility index (Phi) is 6.67. The number of Topliss-reactive ketones (excluding diaryl/α,β-unsaturated/α-hetero) is 1. The number of nitrogens with zero attached hydrogens (tertiary/aromatic N) is 3. The molecule has 0 unspecified atom stereocenters. The Balaban J connectivity index is 1.53. The van der Waals surface area contributed by atoms with Crippen molar-refractivity contribution in [1.29, 1.82) is 0 Å². The molecule has 2 N–H and O–H groups in total. The second-order valence-electron chi connectivity index (χ2n) is 10.1. The molecule has 1 aromatic carbocycles. The van der Waals surface area contributed by atoms with Crippen LogP contribution in [0.2, 0.25) is 0 Å². The van der Waals surface area contributed by atoms with Crippen LogP contribution in [0.1, 0.15) is 55.4 Å². The van der Waals surface area contributed by atoms with Crippen molar-refractivity contribution >= 4 is 41.5 Å². The van der Waals surface area contributed by atoms with Crippen molar-refractivity contribution in [3.63, 3.8) is 0 Å². The first-order valence-electron chi connectivity index (χ1n) is 12.6. The highest BCUT2D eigenvalue weighted by Crippen LogP contribution is 2.44. The first kappa shape index (κ1) is 25.2. The molecule has 0 spiro atoms. The van der Waals surface area contributed by atoms with Gasteiger partial charge in [-0.3, -0.25) is 14.3 Å². The van der Waals surface area contributed by atoms with Crippen LogP contribution in [0.15, 0.2) is 36.5 Å². The van der Waals surface area contributed by atoms with E-state index in [0.717, 1.165) is 36.7 Å². The van der Waals surface area contributed by atoms with Gasteiger partial charge in [-0.2, -0.15) is 5.10 Å². The Bertz CT molecular complexity index is 1420. The normalized spacial score (nSPS) is 15.4.